The Bertz CT molecular complexity index is 785. The van der Waals surface area contributed by atoms with Gasteiger partial charge >= 0.3 is 0 Å². The molecule has 1 aromatic heterocycles. The van der Waals surface area contributed by atoms with Crippen molar-refractivity contribution in [3.8, 4) is 0 Å². The highest BCUT2D eigenvalue weighted by Crippen LogP contribution is 2.25. The van der Waals surface area contributed by atoms with Crippen LogP contribution in [0.2, 0.25) is 0 Å². The third-order valence-corrected chi connectivity index (χ3v) is 3.01. The van der Waals surface area contributed by atoms with Gasteiger partial charge in [-0.3, -0.25) is 0 Å². The van der Waals surface area contributed by atoms with E-state index in [9.17, 15) is 0 Å². The summed E-state index contributed by atoms with van der Waals surface area (Å²) >= 11 is 0. The van der Waals surface area contributed by atoms with Crippen LogP contribution in [0.3, 0.4) is 0 Å². The predicted octanol–water partition coefficient (Wildman–Crippen LogP) is 3.98. The van der Waals surface area contributed by atoms with Gasteiger partial charge in [-0.15, -0.1) is 0 Å². The van der Waals surface area contributed by atoms with Gasteiger partial charge in [0, 0.05) is 18.1 Å². The second-order valence-corrected chi connectivity index (χ2v) is 4.13. The lowest BCUT2D eigenvalue weighted by Crippen LogP contribution is -1.88. The molecule has 0 aliphatic carbocycles. The summed E-state index contributed by atoms with van der Waals surface area (Å²) in [5, 5.41) is 5.27. The third kappa shape index (κ3) is 1.64. The van der Waals surface area contributed by atoms with Crippen molar-refractivity contribution in [1.29, 1.82) is 0 Å². The average Bonchev–Trinajstić information content (AvgIpc) is 2.43. The van der Waals surface area contributed by atoms with Crippen LogP contribution in [-0.2, 0) is 0 Å². The topological polar surface area (TPSA) is 29.3 Å². The van der Waals surface area contributed by atoms with Crippen LogP contribution in [0.25, 0.3) is 26.7 Å². The summed E-state index contributed by atoms with van der Waals surface area (Å²) in [6.07, 6.45) is 0. The fourth-order valence-electron chi connectivity index (χ4n) is 2.04. The highest BCUT2D eigenvalue weighted by Gasteiger charge is 2.02. The largest absolute Gasteiger partial charge is 0.388 e. The number of nitrogens with one attached hydrogen (secondary N) is 1. The molecule has 0 radical (unpaired) electrons. The Hall–Kier alpha value is -2.60. The molecule has 3 nitrogen and oxygen atoms in total. The molecular formula is C15H11N3. The van der Waals surface area contributed by atoms with Gasteiger partial charge in [-0.2, -0.15) is 0 Å². The van der Waals surface area contributed by atoms with E-state index in [1.807, 2.05) is 37.4 Å². The summed E-state index contributed by atoms with van der Waals surface area (Å²) in [7, 11) is 1.89. The van der Waals surface area contributed by atoms with E-state index in [0.717, 1.165) is 27.5 Å². The number of benzene rings is 2. The predicted molar refractivity (Wildman–Crippen MR) is 75.1 cm³/mol. The lowest BCUT2D eigenvalue weighted by molar-refractivity contribution is 1.47. The molecule has 0 unspecified atom stereocenters. The van der Waals surface area contributed by atoms with Gasteiger partial charge in [-0.05, 0) is 29.7 Å². The summed E-state index contributed by atoms with van der Waals surface area (Å²) < 4.78 is 0. The molecule has 0 bridgehead atoms. The Balaban J connectivity index is 2.33. The first kappa shape index (κ1) is 10.5. The van der Waals surface area contributed by atoms with Gasteiger partial charge in [-0.25, -0.2) is 9.83 Å². The molecule has 2 aromatic carbocycles. The van der Waals surface area contributed by atoms with E-state index in [4.69, 9.17) is 6.57 Å². The minimum absolute atomic E-state index is 0.624. The highest BCUT2D eigenvalue weighted by molar-refractivity contribution is 5.95. The summed E-state index contributed by atoms with van der Waals surface area (Å²) in [5.41, 5.74) is 3.47. The Kier molecular flexibility index (Phi) is 2.35. The van der Waals surface area contributed by atoms with Crippen molar-refractivity contribution in [2.75, 3.05) is 12.4 Å². The minimum Gasteiger partial charge on any atom is -0.388 e. The molecule has 0 spiro atoms. The maximum atomic E-state index is 7.03. The van der Waals surface area contributed by atoms with Crippen molar-refractivity contribution in [3.05, 3.63) is 53.9 Å². The number of fused-ring (bicyclic) bond motifs is 2. The molecule has 86 valence electrons. The van der Waals surface area contributed by atoms with E-state index in [0.29, 0.717) is 5.69 Å². The van der Waals surface area contributed by atoms with Crippen molar-refractivity contribution in [3.63, 3.8) is 0 Å². The quantitative estimate of drug-likeness (QED) is 0.509. The molecule has 3 aromatic rings. The average molecular weight is 233 g/mol. The van der Waals surface area contributed by atoms with Gasteiger partial charge in [0.25, 0.3) is 0 Å². The van der Waals surface area contributed by atoms with Crippen LogP contribution in [0.4, 0.5) is 11.4 Å². The van der Waals surface area contributed by atoms with Crippen LogP contribution in [-0.4, -0.2) is 12.0 Å². The number of rotatable bonds is 1. The van der Waals surface area contributed by atoms with Crippen molar-refractivity contribution in [2.45, 2.75) is 0 Å². The van der Waals surface area contributed by atoms with Crippen molar-refractivity contribution in [2.24, 2.45) is 0 Å². The van der Waals surface area contributed by atoms with Crippen molar-refractivity contribution >= 4 is 33.2 Å². The Morgan fingerprint density at radius 3 is 2.44 bits per heavy atom. The maximum Gasteiger partial charge on any atom is 0.189 e. The molecule has 0 aliphatic heterocycles. The van der Waals surface area contributed by atoms with E-state index in [1.54, 1.807) is 0 Å². The third-order valence-electron chi connectivity index (χ3n) is 3.01. The molecule has 3 rings (SSSR count). The summed E-state index contributed by atoms with van der Waals surface area (Å²) in [4.78, 5) is 8.04. The molecule has 0 saturated carbocycles. The van der Waals surface area contributed by atoms with Crippen molar-refractivity contribution in [1.82, 2.24) is 4.98 Å². The number of pyridine rings is 1. The molecule has 1 heterocycles. The van der Waals surface area contributed by atoms with E-state index >= 15 is 0 Å². The van der Waals surface area contributed by atoms with Crippen LogP contribution in [0, 0.1) is 6.57 Å². The maximum absolute atomic E-state index is 7.03. The van der Waals surface area contributed by atoms with Gasteiger partial charge in [0.15, 0.2) is 5.69 Å². The van der Waals surface area contributed by atoms with Crippen LogP contribution >= 0.6 is 0 Å². The zero-order valence-corrected chi connectivity index (χ0v) is 9.94. The van der Waals surface area contributed by atoms with E-state index in [1.165, 1.54) is 0 Å². The zero-order valence-electron chi connectivity index (χ0n) is 9.94. The number of anilines is 1. The van der Waals surface area contributed by atoms with Gasteiger partial charge in [0.2, 0.25) is 0 Å². The summed E-state index contributed by atoms with van der Waals surface area (Å²) in [6.45, 7) is 7.03. The molecule has 0 atom stereocenters. The molecule has 1 N–H and O–H groups in total. The monoisotopic (exact) mass is 233 g/mol. The van der Waals surface area contributed by atoms with Crippen molar-refractivity contribution < 1.29 is 0 Å². The Labute approximate surface area is 105 Å². The Morgan fingerprint density at radius 1 is 1.00 bits per heavy atom. The first-order valence-corrected chi connectivity index (χ1v) is 5.70. The van der Waals surface area contributed by atoms with Gasteiger partial charge in [0.05, 0.1) is 17.6 Å². The molecule has 0 amide bonds. The van der Waals surface area contributed by atoms with Gasteiger partial charge < -0.3 is 5.32 Å². The normalized spacial score (nSPS) is 10.4. The Morgan fingerprint density at radius 2 is 1.72 bits per heavy atom. The minimum atomic E-state index is 0.624. The molecule has 0 saturated heterocycles. The number of nitrogens with zero attached hydrogens (tertiary/aromatic N) is 2. The number of hydrogen-bond acceptors (Lipinski definition) is 2. The van der Waals surface area contributed by atoms with Crippen LogP contribution in [0.15, 0.2) is 42.5 Å². The second kappa shape index (κ2) is 4.01. The fourth-order valence-corrected chi connectivity index (χ4v) is 2.04. The first-order chi connectivity index (χ1) is 8.80. The molecular weight excluding hydrogens is 222 g/mol. The van der Waals surface area contributed by atoms with Gasteiger partial charge in [0.1, 0.15) is 0 Å². The SMILES string of the molecule is [C-]#[N+]c1ccc2cc3ccc(NC)cc3nc2c1. The smallest absolute Gasteiger partial charge is 0.189 e. The number of hydrogen-bond donors (Lipinski definition) is 1. The van der Waals surface area contributed by atoms with Gasteiger partial charge in [-0.1, -0.05) is 18.2 Å². The second-order valence-electron chi connectivity index (χ2n) is 4.13. The molecule has 18 heavy (non-hydrogen) atoms. The van der Waals surface area contributed by atoms with E-state index in [2.05, 4.69) is 27.3 Å². The summed E-state index contributed by atoms with van der Waals surface area (Å²) in [6, 6.07) is 13.8. The molecule has 0 aliphatic rings. The van der Waals surface area contributed by atoms with E-state index in [-0.39, 0.29) is 0 Å². The van der Waals surface area contributed by atoms with Crippen LogP contribution in [0.5, 0.6) is 0 Å². The summed E-state index contributed by atoms with van der Waals surface area (Å²) in [5.74, 6) is 0. The standard InChI is InChI=1S/C15H11N3/c1-16-12-5-3-10-7-11-4-6-13(17-2)9-15(11)18-14(10)8-12/h3-9,16H,1H3. The fraction of sp³-hybridized carbons (Fsp3) is 0.0667. The lowest BCUT2D eigenvalue weighted by atomic mass is 10.1. The molecule has 3 heteroatoms. The van der Waals surface area contributed by atoms with Crippen LogP contribution in [0.1, 0.15) is 0 Å². The first-order valence-electron chi connectivity index (χ1n) is 5.70. The highest BCUT2D eigenvalue weighted by atomic mass is 14.8. The zero-order chi connectivity index (χ0) is 12.5. The molecule has 0 fully saturated rings. The van der Waals surface area contributed by atoms with E-state index < -0.39 is 0 Å². The van der Waals surface area contributed by atoms with Crippen LogP contribution < -0.4 is 5.32 Å². The lowest BCUT2D eigenvalue weighted by Gasteiger charge is -2.04. The number of aromatic nitrogens is 1.